The van der Waals surface area contributed by atoms with Crippen LogP contribution in [0.5, 0.6) is 0 Å². The topological polar surface area (TPSA) is 60.1 Å². The van der Waals surface area contributed by atoms with Crippen LogP contribution < -0.4 is 5.32 Å². The second-order valence-corrected chi connectivity index (χ2v) is 5.21. The number of nitrogens with zero attached hydrogens (tertiary/aromatic N) is 2. The van der Waals surface area contributed by atoms with Gasteiger partial charge in [0.15, 0.2) is 11.6 Å². The van der Waals surface area contributed by atoms with E-state index in [4.69, 9.17) is 4.42 Å². The van der Waals surface area contributed by atoms with Crippen LogP contribution in [-0.2, 0) is 11.3 Å². The molecule has 0 fully saturated rings. The Labute approximate surface area is 122 Å². The minimum absolute atomic E-state index is 0.0408. The standard InChI is InChI=1S/C16H17N3O2/c1-11(2)17-15(20)10-19-13-7-4-3-6-12(13)18-16(19)14-8-5-9-21-14/h3-9,11H,10H2,1-2H3,(H,17,20). The van der Waals surface area contributed by atoms with Crippen molar-refractivity contribution in [1.82, 2.24) is 14.9 Å². The first-order valence-electron chi connectivity index (χ1n) is 6.93. The van der Waals surface area contributed by atoms with Gasteiger partial charge in [-0.15, -0.1) is 0 Å². The molecule has 21 heavy (non-hydrogen) atoms. The van der Waals surface area contributed by atoms with Crippen LogP contribution in [0.25, 0.3) is 22.6 Å². The SMILES string of the molecule is CC(C)NC(=O)Cn1c(-c2ccco2)nc2ccccc21. The van der Waals surface area contributed by atoms with Gasteiger partial charge in [-0.2, -0.15) is 0 Å². The molecule has 0 aliphatic carbocycles. The highest BCUT2D eigenvalue weighted by atomic mass is 16.3. The number of benzene rings is 1. The van der Waals surface area contributed by atoms with Crippen molar-refractivity contribution in [3.63, 3.8) is 0 Å². The van der Waals surface area contributed by atoms with Crippen molar-refractivity contribution in [3.8, 4) is 11.6 Å². The maximum absolute atomic E-state index is 12.1. The molecule has 0 saturated heterocycles. The fourth-order valence-corrected chi connectivity index (χ4v) is 2.34. The van der Waals surface area contributed by atoms with Crippen LogP contribution in [0, 0.1) is 0 Å². The molecule has 0 aliphatic heterocycles. The number of amides is 1. The van der Waals surface area contributed by atoms with E-state index in [0.29, 0.717) is 11.6 Å². The lowest BCUT2D eigenvalue weighted by Gasteiger charge is -2.11. The zero-order chi connectivity index (χ0) is 14.8. The number of carbonyl (C=O) groups excluding carboxylic acids is 1. The first-order chi connectivity index (χ1) is 10.1. The number of para-hydroxylation sites is 2. The van der Waals surface area contributed by atoms with Gasteiger partial charge in [-0.1, -0.05) is 12.1 Å². The number of hydrogen-bond donors (Lipinski definition) is 1. The summed E-state index contributed by atoms with van der Waals surface area (Å²) in [6.45, 7) is 4.10. The summed E-state index contributed by atoms with van der Waals surface area (Å²) >= 11 is 0. The van der Waals surface area contributed by atoms with Crippen molar-refractivity contribution < 1.29 is 9.21 Å². The number of rotatable bonds is 4. The molecule has 3 rings (SSSR count). The van der Waals surface area contributed by atoms with Crippen molar-refractivity contribution in [2.45, 2.75) is 26.4 Å². The summed E-state index contributed by atoms with van der Waals surface area (Å²) in [6.07, 6.45) is 1.60. The zero-order valence-corrected chi connectivity index (χ0v) is 12.0. The van der Waals surface area contributed by atoms with Crippen LogP contribution >= 0.6 is 0 Å². The molecular formula is C16H17N3O2. The molecule has 5 heteroatoms. The minimum atomic E-state index is -0.0408. The van der Waals surface area contributed by atoms with Crippen molar-refractivity contribution in [3.05, 3.63) is 42.7 Å². The fourth-order valence-electron chi connectivity index (χ4n) is 2.34. The Balaban J connectivity index is 2.06. The smallest absolute Gasteiger partial charge is 0.240 e. The van der Waals surface area contributed by atoms with Gasteiger partial charge in [0.1, 0.15) is 6.54 Å². The molecule has 0 saturated carbocycles. The van der Waals surface area contributed by atoms with Gasteiger partial charge in [0.25, 0.3) is 0 Å². The van der Waals surface area contributed by atoms with Crippen molar-refractivity contribution in [2.24, 2.45) is 0 Å². The zero-order valence-electron chi connectivity index (χ0n) is 12.0. The number of furan rings is 1. The molecule has 3 aromatic rings. The first-order valence-corrected chi connectivity index (χ1v) is 6.93. The summed E-state index contributed by atoms with van der Waals surface area (Å²) < 4.78 is 7.32. The van der Waals surface area contributed by atoms with E-state index in [-0.39, 0.29) is 18.5 Å². The van der Waals surface area contributed by atoms with Gasteiger partial charge in [0, 0.05) is 6.04 Å². The Morgan fingerprint density at radius 1 is 1.29 bits per heavy atom. The highest BCUT2D eigenvalue weighted by Gasteiger charge is 2.16. The highest BCUT2D eigenvalue weighted by molar-refractivity contribution is 5.84. The number of nitrogens with one attached hydrogen (secondary N) is 1. The van der Waals surface area contributed by atoms with Crippen LogP contribution in [-0.4, -0.2) is 21.5 Å². The van der Waals surface area contributed by atoms with E-state index in [1.54, 1.807) is 6.26 Å². The third kappa shape index (κ3) is 2.67. The summed E-state index contributed by atoms with van der Waals surface area (Å²) in [4.78, 5) is 16.7. The molecule has 1 N–H and O–H groups in total. The largest absolute Gasteiger partial charge is 0.461 e. The second-order valence-electron chi connectivity index (χ2n) is 5.21. The van der Waals surface area contributed by atoms with Gasteiger partial charge in [-0.3, -0.25) is 4.79 Å². The molecule has 1 amide bonds. The number of imidazole rings is 1. The van der Waals surface area contributed by atoms with Crippen LogP contribution in [0.4, 0.5) is 0 Å². The van der Waals surface area contributed by atoms with Gasteiger partial charge in [-0.25, -0.2) is 4.98 Å². The van der Waals surface area contributed by atoms with Crippen molar-refractivity contribution >= 4 is 16.9 Å². The van der Waals surface area contributed by atoms with E-state index in [2.05, 4.69) is 10.3 Å². The normalized spacial score (nSPS) is 11.2. The maximum Gasteiger partial charge on any atom is 0.240 e. The van der Waals surface area contributed by atoms with Crippen LogP contribution in [0.3, 0.4) is 0 Å². The predicted molar refractivity (Wildman–Crippen MR) is 80.7 cm³/mol. The summed E-state index contributed by atoms with van der Waals surface area (Å²) in [6, 6.07) is 11.5. The average Bonchev–Trinajstić information content (AvgIpc) is 3.06. The monoisotopic (exact) mass is 283 g/mol. The van der Waals surface area contributed by atoms with Gasteiger partial charge in [-0.05, 0) is 38.1 Å². The summed E-state index contributed by atoms with van der Waals surface area (Å²) in [5.41, 5.74) is 1.77. The first kappa shape index (κ1) is 13.4. The lowest BCUT2D eigenvalue weighted by molar-refractivity contribution is -0.122. The van der Waals surface area contributed by atoms with E-state index < -0.39 is 0 Å². The molecule has 0 radical (unpaired) electrons. The van der Waals surface area contributed by atoms with Gasteiger partial charge >= 0.3 is 0 Å². The summed E-state index contributed by atoms with van der Waals surface area (Å²) in [7, 11) is 0. The number of carbonyl (C=O) groups is 1. The van der Waals surface area contributed by atoms with E-state index in [1.165, 1.54) is 0 Å². The number of hydrogen-bond acceptors (Lipinski definition) is 3. The fraction of sp³-hybridized carbons (Fsp3) is 0.250. The van der Waals surface area contributed by atoms with E-state index >= 15 is 0 Å². The molecule has 0 bridgehead atoms. The molecule has 2 heterocycles. The van der Waals surface area contributed by atoms with E-state index in [0.717, 1.165) is 11.0 Å². The molecule has 1 aromatic carbocycles. The molecule has 0 unspecified atom stereocenters. The number of fused-ring (bicyclic) bond motifs is 1. The molecule has 108 valence electrons. The highest BCUT2D eigenvalue weighted by Crippen LogP contribution is 2.24. The van der Waals surface area contributed by atoms with Crippen molar-refractivity contribution in [1.29, 1.82) is 0 Å². The van der Waals surface area contributed by atoms with Crippen molar-refractivity contribution in [2.75, 3.05) is 0 Å². The lowest BCUT2D eigenvalue weighted by atomic mass is 10.3. The number of aromatic nitrogens is 2. The molecular weight excluding hydrogens is 266 g/mol. The van der Waals surface area contributed by atoms with Crippen LogP contribution in [0.15, 0.2) is 47.1 Å². The Bertz CT molecular complexity index is 757. The quantitative estimate of drug-likeness (QED) is 0.801. The Morgan fingerprint density at radius 2 is 2.10 bits per heavy atom. The minimum Gasteiger partial charge on any atom is -0.461 e. The summed E-state index contributed by atoms with van der Waals surface area (Å²) in [5.74, 6) is 1.28. The van der Waals surface area contributed by atoms with Gasteiger partial charge in [0.2, 0.25) is 5.91 Å². The third-order valence-corrected chi connectivity index (χ3v) is 3.15. The van der Waals surface area contributed by atoms with E-state index in [9.17, 15) is 4.79 Å². The van der Waals surface area contributed by atoms with Gasteiger partial charge < -0.3 is 14.3 Å². The maximum atomic E-state index is 12.1. The molecule has 5 nitrogen and oxygen atoms in total. The Kier molecular flexibility index (Phi) is 3.48. The second kappa shape index (κ2) is 5.44. The summed E-state index contributed by atoms with van der Waals surface area (Å²) in [5, 5.41) is 2.90. The molecule has 2 aromatic heterocycles. The van der Waals surface area contributed by atoms with E-state index in [1.807, 2.05) is 54.8 Å². The molecule has 0 spiro atoms. The van der Waals surface area contributed by atoms with Crippen LogP contribution in [0.2, 0.25) is 0 Å². The lowest BCUT2D eigenvalue weighted by Crippen LogP contribution is -2.33. The Morgan fingerprint density at radius 3 is 2.81 bits per heavy atom. The predicted octanol–water partition coefficient (Wildman–Crippen LogP) is 2.82. The van der Waals surface area contributed by atoms with Crippen LogP contribution in [0.1, 0.15) is 13.8 Å². The molecule has 0 atom stereocenters. The molecule has 0 aliphatic rings. The third-order valence-electron chi connectivity index (χ3n) is 3.15. The van der Waals surface area contributed by atoms with Gasteiger partial charge in [0.05, 0.1) is 17.3 Å². The average molecular weight is 283 g/mol. The Hall–Kier alpha value is -2.56.